The number of hydrogen-bond acceptors (Lipinski definition) is 4. The standard InChI is InChI=1S/C10H22N2O2/c1-11-5-3-9(4-6-11)12(2)7-10(14)8-13/h9-10,13-14H,3-8H2,1-2H3. The first-order chi connectivity index (χ1) is 6.63. The second-order valence-electron chi connectivity index (χ2n) is 4.31. The number of aliphatic hydroxyl groups excluding tert-OH is 2. The molecule has 0 aromatic heterocycles. The van der Waals surface area contributed by atoms with Crippen molar-refractivity contribution in [1.29, 1.82) is 0 Å². The highest BCUT2D eigenvalue weighted by atomic mass is 16.3. The number of aliphatic hydroxyl groups is 2. The lowest BCUT2D eigenvalue weighted by Gasteiger charge is -2.35. The lowest BCUT2D eigenvalue weighted by molar-refractivity contribution is 0.0429. The molecule has 1 atom stereocenters. The average Bonchev–Trinajstić information content (AvgIpc) is 2.18. The number of nitrogens with zero attached hydrogens (tertiary/aromatic N) is 2. The first-order valence-corrected chi connectivity index (χ1v) is 5.31. The van der Waals surface area contributed by atoms with E-state index in [1.807, 2.05) is 7.05 Å². The normalized spacial score (nSPS) is 22.9. The monoisotopic (exact) mass is 202 g/mol. The second kappa shape index (κ2) is 5.66. The van der Waals surface area contributed by atoms with Gasteiger partial charge in [0.15, 0.2) is 0 Å². The van der Waals surface area contributed by atoms with Crippen LogP contribution >= 0.6 is 0 Å². The predicted octanol–water partition coefficient (Wildman–Crippen LogP) is -0.634. The van der Waals surface area contributed by atoms with Crippen molar-refractivity contribution < 1.29 is 10.2 Å². The third-order valence-corrected chi connectivity index (χ3v) is 3.02. The van der Waals surface area contributed by atoms with E-state index in [9.17, 15) is 5.11 Å². The lowest BCUT2D eigenvalue weighted by atomic mass is 10.0. The molecule has 0 saturated carbocycles. The highest BCUT2D eigenvalue weighted by molar-refractivity contribution is 4.77. The van der Waals surface area contributed by atoms with E-state index in [1.165, 1.54) is 0 Å². The summed E-state index contributed by atoms with van der Waals surface area (Å²) < 4.78 is 0. The Kier molecular flexibility index (Phi) is 4.81. The molecular formula is C10H22N2O2. The minimum Gasteiger partial charge on any atom is -0.394 e. The minimum absolute atomic E-state index is 0.142. The maximum absolute atomic E-state index is 9.31. The molecule has 84 valence electrons. The highest BCUT2D eigenvalue weighted by Crippen LogP contribution is 2.13. The molecule has 4 heteroatoms. The minimum atomic E-state index is -0.598. The van der Waals surface area contributed by atoms with Gasteiger partial charge in [-0.2, -0.15) is 0 Å². The predicted molar refractivity (Wildman–Crippen MR) is 56.2 cm³/mol. The van der Waals surface area contributed by atoms with Crippen LogP contribution in [0.3, 0.4) is 0 Å². The Bertz CT molecular complexity index is 158. The Labute approximate surface area is 86.1 Å². The Morgan fingerprint density at radius 1 is 1.43 bits per heavy atom. The molecule has 1 rings (SSSR count). The summed E-state index contributed by atoms with van der Waals surface area (Å²) in [7, 11) is 4.16. The van der Waals surface area contributed by atoms with Crippen LogP contribution in [0.15, 0.2) is 0 Å². The van der Waals surface area contributed by atoms with E-state index in [2.05, 4.69) is 16.8 Å². The van der Waals surface area contributed by atoms with Crippen LogP contribution in [0.4, 0.5) is 0 Å². The molecule has 1 aliphatic rings. The van der Waals surface area contributed by atoms with Crippen LogP contribution in [0.25, 0.3) is 0 Å². The Morgan fingerprint density at radius 2 is 2.00 bits per heavy atom. The van der Waals surface area contributed by atoms with E-state index in [0.717, 1.165) is 25.9 Å². The fraction of sp³-hybridized carbons (Fsp3) is 1.00. The van der Waals surface area contributed by atoms with Gasteiger partial charge in [0.2, 0.25) is 0 Å². The van der Waals surface area contributed by atoms with Crippen molar-refractivity contribution in [1.82, 2.24) is 9.80 Å². The van der Waals surface area contributed by atoms with Crippen molar-refractivity contribution in [3.63, 3.8) is 0 Å². The molecule has 0 bridgehead atoms. The summed E-state index contributed by atoms with van der Waals surface area (Å²) in [5.41, 5.74) is 0. The Hall–Kier alpha value is -0.160. The molecule has 1 fully saturated rings. The van der Waals surface area contributed by atoms with Gasteiger partial charge in [-0.05, 0) is 40.0 Å². The molecule has 0 aromatic carbocycles. The summed E-state index contributed by atoms with van der Waals surface area (Å²) in [5.74, 6) is 0. The van der Waals surface area contributed by atoms with Crippen molar-refractivity contribution >= 4 is 0 Å². The first kappa shape index (κ1) is 11.9. The van der Waals surface area contributed by atoms with Gasteiger partial charge >= 0.3 is 0 Å². The van der Waals surface area contributed by atoms with Gasteiger partial charge in [-0.25, -0.2) is 0 Å². The summed E-state index contributed by atoms with van der Waals surface area (Å²) in [6.07, 6.45) is 1.72. The van der Waals surface area contributed by atoms with Crippen LogP contribution < -0.4 is 0 Å². The first-order valence-electron chi connectivity index (χ1n) is 5.31. The van der Waals surface area contributed by atoms with E-state index in [1.54, 1.807) is 0 Å². The zero-order valence-corrected chi connectivity index (χ0v) is 9.19. The quantitative estimate of drug-likeness (QED) is 0.637. The SMILES string of the molecule is CN1CCC(N(C)CC(O)CO)CC1. The van der Waals surface area contributed by atoms with Crippen molar-refractivity contribution in [2.24, 2.45) is 0 Å². The number of likely N-dealkylation sites (tertiary alicyclic amines) is 1. The van der Waals surface area contributed by atoms with Crippen molar-refractivity contribution in [3.8, 4) is 0 Å². The molecule has 0 radical (unpaired) electrons. The van der Waals surface area contributed by atoms with Gasteiger partial charge in [0, 0.05) is 12.6 Å². The molecule has 1 saturated heterocycles. The molecule has 1 unspecified atom stereocenters. The zero-order valence-electron chi connectivity index (χ0n) is 9.19. The summed E-state index contributed by atoms with van der Waals surface area (Å²) >= 11 is 0. The van der Waals surface area contributed by atoms with Gasteiger partial charge in [-0.3, -0.25) is 0 Å². The molecule has 2 N–H and O–H groups in total. The number of hydrogen-bond donors (Lipinski definition) is 2. The number of rotatable bonds is 4. The van der Waals surface area contributed by atoms with E-state index in [-0.39, 0.29) is 6.61 Å². The topological polar surface area (TPSA) is 46.9 Å². The summed E-state index contributed by atoms with van der Waals surface area (Å²) in [5, 5.41) is 18.0. The second-order valence-corrected chi connectivity index (χ2v) is 4.31. The molecule has 0 aromatic rings. The van der Waals surface area contributed by atoms with Crippen molar-refractivity contribution in [2.45, 2.75) is 25.0 Å². The smallest absolute Gasteiger partial charge is 0.0897 e. The van der Waals surface area contributed by atoms with Gasteiger partial charge in [-0.1, -0.05) is 0 Å². The molecule has 14 heavy (non-hydrogen) atoms. The van der Waals surface area contributed by atoms with E-state index in [0.29, 0.717) is 12.6 Å². The Morgan fingerprint density at radius 3 is 2.50 bits per heavy atom. The van der Waals surface area contributed by atoms with Crippen LogP contribution in [-0.2, 0) is 0 Å². The third kappa shape index (κ3) is 3.53. The van der Waals surface area contributed by atoms with Crippen LogP contribution in [0.5, 0.6) is 0 Å². The number of piperidine rings is 1. The fourth-order valence-electron chi connectivity index (χ4n) is 1.97. The summed E-state index contributed by atoms with van der Waals surface area (Å²) in [6, 6.07) is 0.562. The summed E-state index contributed by atoms with van der Waals surface area (Å²) in [6.45, 7) is 2.69. The molecule has 0 spiro atoms. The maximum atomic E-state index is 9.31. The van der Waals surface area contributed by atoms with Gasteiger partial charge in [0.25, 0.3) is 0 Å². The molecule has 0 aliphatic carbocycles. The van der Waals surface area contributed by atoms with Gasteiger partial charge in [-0.15, -0.1) is 0 Å². The Balaban J connectivity index is 2.26. The highest BCUT2D eigenvalue weighted by Gasteiger charge is 2.21. The third-order valence-electron chi connectivity index (χ3n) is 3.02. The fourth-order valence-corrected chi connectivity index (χ4v) is 1.97. The van der Waals surface area contributed by atoms with Gasteiger partial charge in [0.1, 0.15) is 0 Å². The number of likely N-dealkylation sites (N-methyl/N-ethyl adjacent to an activating group) is 1. The van der Waals surface area contributed by atoms with Crippen LogP contribution in [0.1, 0.15) is 12.8 Å². The van der Waals surface area contributed by atoms with Crippen molar-refractivity contribution in [3.05, 3.63) is 0 Å². The molecule has 4 nitrogen and oxygen atoms in total. The molecular weight excluding hydrogens is 180 g/mol. The largest absolute Gasteiger partial charge is 0.394 e. The molecule has 0 amide bonds. The van der Waals surface area contributed by atoms with E-state index < -0.39 is 6.10 Å². The lowest BCUT2D eigenvalue weighted by Crippen LogP contribution is -2.45. The zero-order chi connectivity index (χ0) is 10.6. The van der Waals surface area contributed by atoms with E-state index in [4.69, 9.17) is 5.11 Å². The van der Waals surface area contributed by atoms with Gasteiger partial charge in [0.05, 0.1) is 12.7 Å². The summed E-state index contributed by atoms with van der Waals surface area (Å²) in [4.78, 5) is 4.49. The van der Waals surface area contributed by atoms with Crippen molar-refractivity contribution in [2.75, 3.05) is 40.3 Å². The van der Waals surface area contributed by atoms with E-state index >= 15 is 0 Å². The maximum Gasteiger partial charge on any atom is 0.0897 e. The van der Waals surface area contributed by atoms with Gasteiger partial charge < -0.3 is 20.0 Å². The van der Waals surface area contributed by atoms with Crippen LogP contribution in [0.2, 0.25) is 0 Å². The molecule has 1 heterocycles. The van der Waals surface area contributed by atoms with Crippen LogP contribution in [-0.4, -0.2) is 72.5 Å². The average molecular weight is 202 g/mol. The molecule has 1 aliphatic heterocycles. The van der Waals surface area contributed by atoms with Crippen LogP contribution in [0, 0.1) is 0 Å².